The number of nitrogens with zero attached hydrogens (tertiary/aromatic N) is 2. The summed E-state index contributed by atoms with van der Waals surface area (Å²) in [6.07, 6.45) is 1.39. The van der Waals surface area contributed by atoms with Crippen LogP contribution in [0.1, 0.15) is 24.2 Å². The van der Waals surface area contributed by atoms with E-state index in [1.807, 2.05) is 13.8 Å². The van der Waals surface area contributed by atoms with Gasteiger partial charge in [0, 0.05) is 18.8 Å². The van der Waals surface area contributed by atoms with Crippen molar-refractivity contribution in [1.82, 2.24) is 9.88 Å². The molecule has 6 heteroatoms. The van der Waals surface area contributed by atoms with Crippen LogP contribution in [0.4, 0.5) is 0 Å². The van der Waals surface area contributed by atoms with Crippen LogP contribution in [0.3, 0.4) is 0 Å². The van der Waals surface area contributed by atoms with Gasteiger partial charge >= 0.3 is 5.97 Å². The largest absolute Gasteiger partial charge is 0.481 e. The van der Waals surface area contributed by atoms with E-state index in [0.29, 0.717) is 18.0 Å². The number of aliphatic carboxylic acids is 1. The maximum atomic E-state index is 12.2. The first kappa shape index (κ1) is 14.9. The normalized spacial score (nSPS) is 10.3. The van der Waals surface area contributed by atoms with E-state index in [-0.39, 0.29) is 18.4 Å². The van der Waals surface area contributed by atoms with E-state index < -0.39 is 5.97 Å². The third-order valence-electron chi connectivity index (χ3n) is 2.39. The van der Waals surface area contributed by atoms with Crippen LogP contribution in [0.15, 0.2) is 18.3 Å². The highest BCUT2D eigenvalue weighted by Crippen LogP contribution is 2.10. The predicted octanol–water partition coefficient (Wildman–Crippen LogP) is 1.27. The molecule has 0 aliphatic rings. The highest BCUT2D eigenvalue weighted by atomic mass is 16.5. The number of methoxy groups -OCH3 is 1. The minimum Gasteiger partial charge on any atom is -0.481 e. The number of aromatic nitrogens is 1. The van der Waals surface area contributed by atoms with Gasteiger partial charge in [0.1, 0.15) is 6.54 Å². The lowest BCUT2D eigenvalue weighted by molar-refractivity contribution is -0.137. The number of carbonyl (C=O) groups excluding carboxylic acids is 1. The van der Waals surface area contributed by atoms with Gasteiger partial charge in [-0.15, -0.1) is 0 Å². The molecule has 0 saturated heterocycles. The molecule has 104 valence electrons. The first-order chi connectivity index (χ1) is 8.93. The first-order valence-corrected chi connectivity index (χ1v) is 5.95. The highest BCUT2D eigenvalue weighted by molar-refractivity contribution is 5.95. The van der Waals surface area contributed by atoms with Crippen molar-refractivity contribution >= 4 is 11.9 Å². The van der Waals surface area contributed by atoms with Crippen LogP contribution in [-0.4, -0.2) is 47.1 Å². The molecule has 1 heterocycles. The lowest BCUT2D eigenvalue weighted by atomic mass is 10.1. The van der Waals surface area contributed by atoms with Gasteiger partial charge in [0.15, 0.2) is 0 Å². The fourth-order valence-corrected chi connectivity index (χ4v) is 1.63. The summed E-state index contributed by atoms with van der Waals surface area (Å²) in [6.45, 7) is 3.92. The molecule has 0 unspecified atom stereocenters. The van der Waals surface area contributed by atoms with E-state index in [4.69, 9.17) is 9.84 Å². The molecule has 1 N–H and O–H groups in total. The molecule has 0 bridgehead atoms. The zero-order valence-corrected chi connectivity index (χ0v) is 11.3. The van der Waals surface area contributed by atoms with Crippen LogP contribution < -0.4 is 4.74 Å². The monoisotopic (exact) mass is 266 g/mol. The smallest absolute Gasteiger partial charge is 0.323 e. The average Bonchev–Trinajstić information content (AvgIpc) is 2.36. The van der Waals surface area contributed by atoms with Crippen molar-refractivity contribution in [2.24, 2.45) is 5.92 Å². The molecular formula is C13H18N2O4. The number of carboxylic acids is 1. The van der Waals surface area contributed by atoms with E-state index in [0.717, 1.165) is 0 Å². The Morgan fingerprint density at radius 2 is 2.11 bits per heavy atom. The van der Waals surface area contributed by atoms with Crippen LogP contribution in [0.25, 0.3) is 0 Å². The molecule has 19 heavy (non-hydrogen) atoms. The molecule has 1 aromatic rings. The first-order valence-electron chi connectivity index (χ1n) is 5.95. The number of hydrogen-bond acceptors (Lipinski definition) is 4. The van der Waals surface area contributed by atoms with Gasteiger partial charge in [0.05, 0.1) is 12.7 Å². The second kappa shape index (κ2) is 6.72. The molecule has 0 saturated carbocycles. The Kier molecular flexibility index (Phi) is 5.29. The van der Waals surface area contributed by atoms with E-state index in [9.17, 15) is 9.59 Å². The van der Waals surface area contributed by atoms with Gasteiger partial charge in [-0.3, -0.25) is 9.59 Å². The lowest BCUT2D eigenvalue weighted by Gasteiger charge is -2.22. The lowest BCUT2D eigenvalue weighted by Crippen LogP contribution is -2.38. The summed E-state index contributed by atoms with van der Waals surface area (Å²) in [7, 11) is 1.49. The second-order valence-electron chi connectivity index (χ2n) is 4.56. The number of carboxylic acid groups (broad SMARTS) is 1. The van der Waals surface area contributed by atoms with Crippen molar-refractivity contribution in [2.75, 3.05) is 20.2 Å². The summed E-state index contributed by atoms with van der Waals surface area (Å²) < 4.78 is 4.91. The summed E-state index contributed by atoms with van der Waals surface area (Å²) >= 11 is 0. The average molecular weight is 266 g/mol. The summed E-state index contributed by atoms with van der Waals surface area (Å²) in [5.41, 5.74) is 0.350. The molecule has 0 aliphatic heterocycles. The van der Waals surface area contributed by atoms with Crippen molar-refractivity contribution in [3.63, 3.8) is 0 Å². The summed E-state index contributed by atoms with van der Waals surface area (Å²) in [6, 6.07) is 3.14. The number of pyridine rings is 1. The van der Waals surface area contributed by atoms with Gasteiger partial charge < -0.3 is 14.7 Å². The molecule has 0 fully saturated rings. The minimum absolute atomic E-state index is 0.189. The minimum atomic E-state index is -1.03. The van der Waals surface area contributed by atoms with Crippen LogP contribution >= 0.6 is 0 Å². The van der Waals surface area contributed by atoms with E-state index in [1.165, 1.54) is 18.2 Å². The predicted molar refractivity (Wildman–Crippen MR) is 69.2 cm³/mol. The maximum Gasteiger partial charge on any atom is 0.323 e. The molecule has 0 atom stereocenters. The Morgan fingerprint density at radius 3 is 2.53 bits per heavy atom. The Hall–Kier alpha value is -2.11. The maximum absolute atomic E-state index is 12.2. The zero-order valence-electron chi connectivity index (χ0n) is 11.3. The molecule has 0 radical (unpaired) electrons. The van der Waals surface area contributed by atoms with Crippen molar-refractivity contribution in [3.8, 4) is 5.88 Å². The molecule has 1 aromatic heterocycles. The molecular weight excluding hydrogens is 248 g/mol. The Labute approximate surface area is 112 Å². The third kappa shape index (κ3) is 4.57. The standard InChI is InChI=1S/C13H18N2O4/c1-9(2)7-15(8-12(16)17)13(18)10-4-5-11(19-3)14-6-10/h4-6,9H,7-8H2,1-3H3,(H,16,17). The Morgan fingerprint density at radius 1 is 1.42 bits per heavy atom. The number of rotatable bonds is 6. The van der Waals surface area contributed by atoms with Crippen molar-refractivity contribution in [3.05, 3.63) is 23.9 Å². The number of amides is 1. The molecule has 0 aromatic carbocycles. The Balaban J connectivity index is 2.87. The summed E-state index contributed by atoms with van der Waals surface area (Å²) in [5, 5.41) is 8.85. The van der Waals surface area contributed by atoms with Gasteiger partial charge in [0.25, 0.3) is 5.91 Å². The fourth-order valence-electron chi connectivity index (χ4n) is 1.63. The van der Waals surface area contributed by atoms with Crippen molar-refractivity contribution in [2.45, 2.75) is 13.8 Å². The number of ether oxygens (including phenoxy) is 1. The van der Waals surface area contributed by atoms with Crippen molar-refractivity contribution < 1.29 is 19.4 Å². The second-order valence-corrected chi connectivity index (χ2v) is 4.56. The van der Waals surface area contributed by atoms with Gasteiger partial charge in [-0.25, -0.2) is 4.98 Å². The van der Waals surface area contributed by atoms with Crippen LogP contribution in [0.5, 0.6) is 5.88 Å². The molecule has 1 amide bonds. The summed E-state index contributed by atoms with van der Waals surface area (Å²) in [4.78, 5) is 28.2. The molecule has 0 aliphatic carbocycles. The Bertz CT molecular complexity index is 442. The molecule has 6 nitrogen and oxygen atoms in total. The van der Waals surface area contributed by atoms with E-state index in [2.05, 4.69) is 4.98 Å². The van der Waals surface area contributed by atoms with Gasteiger partial charge in [-0.2, -0.15) is 0 Å². The van der Waals surface area contributed by atoms with Crippen LogP contribution in [0, 0.1) is 5.92 Å². The van der Waals surface area contributed by atoms with Crippen LogP contribution in [-0.2, 0) is 4.79 Å². The quantitative estimate of drug-likeness (QED) is 0.838. The SMILES string of the molecule is COc1ccc(C(=O)N(CC(=O)O)CC(C)C)cn1. The van der Waals surface area contributed by atoms with Gasteiger partial charge in [0.2, 0.25) is 5.88 Å². The van der Waals surface area contributed by atoms with Gasteiger partial charge in [-0.1, -0.05) is 13.8 Å². The molecule has 0 spiro atoms. The number of carbonyl (C=O) groups is 2. The summed E-state index contributed by atoms with van der Waals surface area (Å²) in [5.74, 6) is -0.776. The third-order valence-corrected chi connectivity index (χ3v) is 2.39. The van der Waals surface area contributed by atoms with Crippen molar-refractivity contribution in [1.29, 1.82) is 0 Å². The van der Waals surface area contributed by atoms with Crippen LogP contribution in [0.2, 0.25) is 0 Å². The van der Waals surface area contributed by atoms with E-state index in [1.54, 1.807) is 12.1 Å². The molecule has 1 rings (SSSR count). The fraction of sp³-hybridized carbons (Fsp3) is 0.462. The zero-order chi connectivity index (χ0) is 14.4. The number of hydrogen-bond donors (Lipinski definition) is 1. The van der Waals surface area contributed by atoms with E-state index >= 15 is 0 Å². The topological polar surface area (TPSA) is 79.7 Å². The highest BCUT2D eigenvalue weighted by Gasteiger charge is 2.19. The van der Waals surface area contributed by atoms with Gasteiger partial charge in [-0.05, 0) is 12.0 Å².